The first kappa shape index (κ1) is 12.0. The largest absolute Gasteiger partial charge is 0.493 e. The van der Waals surface area contributed by atoms with Crippen LogP contribution in [0.25, 0.3) is 0 Å². The smallest absolute Gasteiger partial charge is 0.387 e. The first-order valence-electron chi connectivity index (χ1n) is 4.11. The standard InChI is InChI=1S/C9H9F2NO4/c1-15-6-3-5(12)4(8(13)14)2-7(6)16-9(10)11/h2-3,9H,12H2,1H3,(H,13,14). The van der Waals surface area contributed by atoms with Gasteiger partial charge in [0.05, 0.1) is 18.4 Å². The van der Waals surface area contributed by atoms with E-state index in [2.05, 4.69) is 4.74 Å². The zero-order chi connectivity index (χ0) is 12.3. The van der Waals surface area contributed by atoms with Crippen LogP contribution >= 0.6 is 0 Å². The van der Waals surface area contributed by atoms with E-state index in [1.165, 1.54) is 7.11 Å². The molecule has 0 fully saturated rings. The Morgan fingerprint density at radius 2 is 2.06 bits per heavy atom. The Bertz CT molecular complexity index is 409. The van der Waals surface area contributed by atoms with Crippen molar-refractivity contribution in [3.05, 3.63) is 17.7 Å². The molecule has 0 saturated heterocycles. The normalized spacial score (nSPS) is 10.2. The van der Waals surface area contributed by atoms with Crippen molar-refractivity contribution in [2.75, 3.05) is 12.8 Å². The quantitative estimate of drug-likeness (QED) is 0.771. The molecular formula is C9H9F2NO4. The minimum atomic E-state index is -3.07. The average molecular weight is 233 g/mol. The van der Waals surface area contributed by atoms with Crippen LogP contribution in [-0.2, 0) is 0 Å². The number of alkyl halides is 2. The van der Waals surface area contributed by atoms with Gasteiger partial charge in [0.15, 0.2) is 11.5 Å². The van der Waals surface area contributed by atoms with E-state index in [-0.39, 0.29) is 22.7 Å². The van der Waals surface area contributed by atoms with Crippen LogP contribution in [0.4, 0.5) is 14.5 Å². The summed E-state index contributed by atoms with van der Waals surface area (Å²) >= 11 is 0. The van der Waals surface area contributed by atoms with Crippen LogP contribution in [0.2, 0.25) is 0 Å². The molecule has 0 saturated carbocycles. The maximum atomic E-state index is 12.0. The van der Waals surface area contributed by atoms with Crippen LogP contribution in [0.1, 0.15) is 10.4 Å². The lowest BCUT2D eigenvalue weighted by Crippen LogP contribution is -2.08. The summed E-state index contributed by atoms with van der Waals surface area (Å²) in [6, 6.07) is 2.00. The Morgan fingerprint density at radius 3 is 2.50 bits per heavy atom. The van der Waals surface area contributed by atoms with Crippen molar-refractivity contribution in [2.24, 2.45) is 0 Å². The highest BCUT2D eigenvalue weighted by Gasteiger charge is 2.17. The molecule has 1 rings (SSSR count). The van der Waals surface area contributed by atoms with Crippen LogP contribution in [0.15, 0.2) is 12.1 Å². The summed E-state index contributed by atoms with van der Waals surface area (Å²) < 4.78 is 32.9. The number of halogens is 2. The highest BCUT2D eigenvalue weighted by Crippen LogP contribution is 2.33. The molecule has 0 spiro atoms. The Labute approximate surface area is 89.4 Å². The highest BCUT2D eigenvalue weighted by atomic mass is 19.3. The van der Waals surface area contributed by atoms with Crippen molar-refractivity contribution in [2.45, 2.75) is 6.61 Å². The van der Waals surface area contributed by atoms with Gasteiger partial charge in [-0.1, -0.05) is 0 Å². The Morgan fingerprint density at radius 1 is 1.44 bits per heavy atom. The first-order valence-corrected chi connectivity index (χ1v) is 4.11. The summed E-state index contributed by atoms with van der Waals surface area (Å²) in [4.78, 5) is 10.7. The second-order valence-corrected chi connectivity index (χ2v) is 2.77. The number of hydrogen-bond acceptors (Lipinski definition) is 4. The van der Waals surface area contributed by atoms with E-state index in [0.29, 0.717) is 0 Å². The van der Waals surface area contributed by atoms with Gasteiger partial charge in [0.2, 0.25) is 0 Å². The van der Waals surface area contributed by atoms with Gasteiger partial charge in [0.1, 0.15) is 0 Å². The number of carbonyl (C=O) groups is 1. The van der Waals surface area contributed by atoms with Gasteiger partial charge in [0, 0.05) is 12.1 Å². The van der Waals surface area contributed by atoms with Crippen LogP contribution in [0.5, 0.6) is 11.5 Å². The molecule has 5 nitrogen and oxygen atoms in total. The molecular weight excluding hydrogens is 224 g/mol. The highest BCUT2D eigenvalue weighted by molar-refractivity contribution is 5.94. The molecule has 0 aromatic heterocycles. The van der Waals surface area contributed by atoms with Gasteiger partial charge in [0.25, 0.3) is 0 Å². The van der Waals surface area contributed by atoms with Crippen molar-refractivity contribution < 1.29 is 28.2 Å². The monoisotopic (exact) mass is 233 g/mol. The zero-order valence-corrected chi connectivity index (χ0v) is 8.24. The zero-order valence-electron chi connectivity index (χ0n) is 8.24. The second kappa shape index (κ2) is 4.65. The Kier molecular flexibility index (Phi) is 3.49. The van der Waals surface area contributed by atoms with Gasteiger partial charge in [-0.25, -0.2) is 4.79 Å². The molecule has 0 aliphatic rings. The van der Waals surface area contributed by atoms with Gasteiger partial charge in [-0.3, -0.25) is 0 Å². The van der Waals surface area contributed by atoms with Gasteiger partial charge >= 0.3 is 12.6 Å². The molecule has 88 valence electrons. The summed E-state index contributed by atoms with van der Waals surface area (Å²) in [5.74, 6) is -1.76. The van der Waals surface area contributed by atoms with Crippen LogP contribution in [0.3, 0.4) is 0 Å². The fourth-order valence-corrected chi connectivity index (χ4v) is 1.11. The number of rotatable bonds is 4. The van der Waals surface area contributed by atoms with Crippen molar-refractivity contribution in [1.82, 2.24) is 0 Å². The lowest BCUT2D eigenvalue weighted by atomic mass is 10.1. The fourth-order valence-electron chi connectivity index (χ4n) is 1.11. The summed E-state index contributed by atoms with van der Waals surface area (Å²) in [5.41, 5.74) is 4.98. The second-order valence-electron chi connectivity index (χ2n) is 2.77. The van der Waals surface area contributed by atoms with Crippen LogP contribution < -0.4 is 15.2 Å². The SMILES string of the molecule is COc1cc(N)c(C(=O)O)cc1OC(F)F. The lowest BCUT2D eigenvalue weighted by Gasteiger charge is -2.11. The predicted octanol–water partition coefficient (Wildman–Crippen LogP) is 1.58. The number of anilines is 1. The van der Waals surface area contributed by atoms with E-state index in [0.717, 1.165) is 12.1 Å². The number of nitrogen functional groups attached to an aromatic ring is 1. The molecule has 1 aromatic rings. The number of hydrogen-bond donors (Lipinski definition) is 2. The molecule has 3 N–H and O–H groups in total. The Hall–Kier alpha value is -2.05. The molecule has 16 heavy (non-hydrogen) atoms. The molecule has 0 heterocycles. The summed E-state index contributed by atoms with van der Waals surface area (Å²) in [7, 11) is 1.23. The van der Waals surface area contributed by atoms with Crippen molar-refractivity contribution in [1.29, 1.82) is 0 Å². The molecule has 1 aromatic carbocycles. The number of carboxylic acid groups (broad SMARTS) is 1. The Balaban J connectivity index is 3.23. The minimum Gasteiger partial charge on any atom is -0.493 e. The van der Waals surface area contributed by atoms with Gasteiger partial charge < -0.3 is 20.3 Å². The van der Waals surface area contributed by atoms with Gasteiger partial charge in [-0.05, 0) is 0 Å². The molecule has 0 radical (unpaired) electrons. The molecule has 0 aliphatic heterocycles. The predicted molar refractivity (Wildman–Crippen MR) is 51.0 cm³/mol. The number of methoxy groups -OCH3 is 1. The van der Waals surface area contributed by atoms with Gasteiger partial charge in [-0.2, -0.15) is 8.78 Å². The number of carboxylic acids is 1. The molecule has 0 unspecified atom stereocenters. The maximum absolute atomic E-state index is 12.0. The van der Waals surface area contributed by atoms with Crippen molar-refractivity contribution in [3.63, 3.8) is 0 Å². The third-order valence-electron chi connectivity index (χ3n) is 1.78. The molecule has 0 atom stereocenters. The third kappa shape index (κ3) is 2.50. The topological polar surface area (TPSA) is 81.8 Å². The fraction of sp³-hybridized carbons (Fsp3) is 0.222. The lowest BCUT2D eigenvalue weighted by molar-refractivity contribution is -0.0512. The third-order valence-corrected chi connectivity index (χ3v) is 1.78. The van der Waals surface area contributed by atoms with E-state index in [4.69, 9.17) is 15.6 Å². The minimum absolute atomic E-state index is 0.0530. The number of nitrogens with two attached hydrogens (primary N) is 1. The van der Waals surface area contributed by atoms with E-state index < -0.39 is 12.6 Å². The van der Waals surface area contributed by atoms with E-state index in [1.807, 2.05) is 0 Å². The van der Waals surface area contributed by atoms with Crippen LogP contribution in [0, 0.1) is 0 Å². The molecule has 7 heteroatoms. The number of ether oxygens (including phenoxy) is 2. The maximum Gasteiger partial charge on any atom is 0.387 e. The number of aromatic carboxylic acids is 1. The first-order chi connectivity index (χ1) is 7.45. The van der Waals surface area contributed by atoms with E-state index >= 15 is 0 Å². The van der Waals surface area contributed by atoms with Gasteiger partial charge in [-0.15, -0.1) is 0 Å². The van der Waals surface area contributed by atoms with Crippen molar-refractivity contribution in [3.8, 4) is 11.5 Å². The molecule has 0 amide bonds. The van der Waals surface area contributed by atoms with E-state index in [1.54, 1.807) is 0 Å². The summed E-state index contributed by atoms with van der Waals surface area (Å²) in [6.45, 7) is -3.07. The van der Waals surface area contributed by atoms with Crippen molar-refractivity contribution >= 4 is 11.7 Å². The average Bonchev–Trinajstić information content (AvgIpc) is 2.18. The summed E-state index contributed by atoms with van der Waals surface area (Å²) in [5, 5.41) is 8.72. The molecule has 0 bridgehead atoms. The van der Waals surface area contributed by atoms with Crippen LogP contribution in [-0.4, -0.2) is 24.8 Å². The summed E-state index contributed by atoms with van der Waals surface area (Å²) in [6.07, 6.45) is 0. The van der Waals surface area contributed by atoms with E-state index in [9.17, 15) is 13.6 Å². The number of benzene rings is 1. The molecule has 0 aliphatic carbocycles.